The van der Waals surface area contributed by atoms with Crippen LogP contribution in [0.1, 0.15) is 50.7 Å². The highest BCUT2D eigenvalue weighted by molar-refractivity contribution is 5.75. The number of esters is 1. The van der Waals surface area contributed by atoms with Gasteiger partial charge in [0.15, 0.2) is 6.10 Å². The molecule has 0 aromatic heterocycles. The van der Waals surface area contributed by atoms with Crippen LogP contribution in [-0.2, 0) is 22.4 Å². The third-order valence-electron chi connectivity index (χ3n) is 6.12. The summed E-state index contributed by atoms with van der Waals surface area (Å²) in [5, 5.41) is 0. The maximum Gasteiger partial charge on any atom is 0.347 e. The Balaban J connectivity index is 1.20. The first kappa shape index (κ1) is 26.4. The predicted octanol–water partition coefficient (Wildman–Crippen LogP) is 6.93. The van der Waals surface area contributed by atoms with E-state index in [0.29, 0.717) is 26.2 Å². The summed E-state index contributed by atoms with van der Waals surface area (Å²) >= 11 is 0. The van der Waals surface area contributed by atoms with Gasteiger partial charge in [0, 0.05) is 0 Å². The summed E-state index contributed by atoms with van der Waals surface area (Å²) in [5.41, 5.74) is 2.22. The number of fused-ring (bicyclic) bond motifs is 1. The van der Waals surface area contributed by atoms with Gasteiger partial charge < -0.3 is 23.7 Å². The molecule has 0 N–H and O–H groups in total. The molecular formula is C31H36O6. The minimum Gasteiger partial charge on any atom is -0.494 e. The van der Waals surface area contributed by atoms with E-state index in [2.05, 4.69) is 13.0 Å². The molecule has 1 atom stereocenters. The summed E-state index contributed by atoms with van der Waals surface area (Å²) in [6.45, 7) is 5.57. The molecule has 0 radical (unpaired) electrons. The lowest BCUT2D eigenvalue weighted by molar-refractivity contribution is -0.152. The van der Waals surface area contributed by atoms with E-state index in [-0.39, 0.29) is 5.97 Å². The maximum atomic E-state index is 11.9. The Morgan fingerprint density at radius 2 is 1.68 bits per heavy atom. The zero-order valence-corrected chi connectivity index (χ0v) is 21.7. The molecule has 1 heterocycles. The highest BCUT2D eigenvalue weighted by Gasteiger charge is 2.27. The molecule has 196 valence electrons. The van der Waals surface area contributed by atoms with Crippen molar-refractivity contribution in [1.29, 1.82) is 0 Å². The molecule has 0 saturated heterocycles. The lowest BCUT2D eigenvalue weighted by Crippen LogP contribution is -2.32. The Morgan fingerprint density at radius 3 is 2.46 bits per heavy atom. The number of para-hydroxylation sites is 1. The second-order valence-corrected chi connectivity index (χ2v) is 9.01. The molecule has 0 spiro atoms. The van der Waals surface area contributed by atoms with Gasteiger partial charge in [-0.25, -0.2) is 4.79 Å². The van der Waals surface area contributed by atoms with Gasteiger partial charge in [-0.2, -0.15) is 0 Å². The fourth-order valence-corrected chi connectivity index (χ4v) is 4.28. The minimum absolute atomic E-state index is 0.297. The lowest BCUT2D eigenvalue weighted by atomic mass is 10.0. The van der Waals surface area contributed by atoms with Crippen molar-refractivity contribution in [2.24, 2.45) is 0 Å². The van der Waals surface area contributed by atoms with E-state index in [0.717, 1.165) is 72.0 Å². The van der Waals surface area contributed by atoms with E-state index in [1.807, 2.05) is 60.7 Å². The Morgan fingerprint density at radius 1 is 0.892 bits per heavy atom. The average molecular weight is 505 g/mol. The molecule has 3 aromatic carbocycles. The number of aryl methyl sites for hydroxylation is 2. The van der Waals surface area contributed by atoms with Crippen molar-refractivity contribution in [3.63, 3.8) is 0 Å². The van der Waals surface area contributed by atoms with Crippen LogP contribution in [0.4, 0.5) is 0 Å². The first-order valence-electron chi connectivity index (χ1n) is 13.2. The van der Waals surface area contributed by atoms with Gasteiger partial charge in [0.1, 0.15) is 28.7 Å². The molecule has 4 rings (SSSR count). The Labute approximate surface area is 219 Å². The van der Waals surface area contributed by atoms with Crippen molar-refractivity contribution in [3.8, 4) is 28.7 Å². The van der Waals surface area contributed by atoms with Gasteiger partial charge in [-0.05, 0) is 98.7 Å². The number of carbonyl (C=O) groups excluding carboxylic acids is 1. The molecule has 3 aromatic rings. The molecule has 0 fully saturated rings. The van der Waals surface area contributed by atoms with Crippen molar-refractivity contribution in [3.05, 3.63) is 77.9 Å². The number of hydrogen-bond acceptors (Lipinski definition) is 6. The molecule has 0 bridgehead atoms. The topological polar surface area (TPSA) is 63.2 Å². The molecule has 0 saturated carbocycles. The van der Waals surface area contributed by atoms with Gasteiger partial charge in [-0.15, -0.1) is 0 Å². The first-order valence-corrected chi connectivity index (χ1v) is 13.2. The second kappa shape index (κ2) is 13.6. The summed E-state index contributed by atoms with van der Waals surface area (Å²) in [7, 11) is 0. The van der Waals surface area contributed by atoms with Crippen molar-refractivity contribution >= 4 is 5.97 Å². The van der Waals surface area contributed by atoms with Gasteiger partial charge in [-0.3, -0.25) is 0 Å². The smallest absolute Gasteiger partial charge is 0.347 e. The van der Waals surface area contributed by atoms with Crippen LogP contribution in [0.15, 0.2) is 66.7 Å². The van der Waals surface area contributed by atoms with Crippen LogP contribution >= 0.6 is 0 Å². The molecule has 1 unspecified atom stereocenters. The van der Waals surface area contributed by atoms with Crippen molar-refractivity contribution in [1.82, 2.24) is 0 Å². The van der Waals surface area contributed by atoms with Gasteiger partial charge in [0.2, 0.25) is 0 Å². The van der Waals surface area contributed by atoms with Gasteiger partial charge in [0.25, 0.3) is 0 Å². The summed E-state index contributed by atoms with van der Waals surface area (Å²) < 4.78 is 28.9. The standard InChI is InChI=1S/C31H36O6/c1-3-10-23-22-27(36-25-11-6-5-7-12-25)15-17-28(23)35-20-9-8-19-34-26-14-18-29-24(21-26)13-16-30(37-29)31(32)33-4-2/h5-7,11-12,14-15,17-18,21-22,30H,3-4,8-10,13,16,19-20H2,1-2H3. The molecule has 1 aliphatic heterocycles. The summed E-state index contributed by atoms with van der Waals surface area (Å²) in [4.78, 5) is 11.9. The molecule has 6 nitrogen and oxygen atoms in total. The van der Waals surface area contributed by atoms with Crippen LogP contribution in [-0.4, -0.2) is 31.9 Å². The van der Waals surface area contributed by atoms with Gasteiger partial charge in [0.05, 0.1) is 19.8 Å². The number of benzene rings is 3. The van der Waals surface area contributed by atoms with Crippen molar-refractivity contribution in [2.45, 2.75) is 58.5 Å². The van der Waals surface area contributed by atoms with E-state index >= 15 is 0 Å². The number of ether oxygens (including phenoxy) is 5. The summed E-state index contributed by atoms with van der Waals surface area (Å²) in [6.07, 6.45) is 4.61. The predicted molar refractivity (Wildman–Crippen MR) is 143 cm³/mol. The van der Waals surface area contributed by atoms with E-state index in [1.54, 1.807) is 6.92 Å². The zero-order chi connectivity index (χ0) is 25.9. The molecule has 6 heteroatoms. The summed E-state index contributed by atoms with van der Waals surface area (Å²) in [5.74, 6) is 3.81. The third kappa shape index (κ3) is 7.66. The SMILES string of the molecule is CCCc1cc(Oc2ccccc2)ccc1OCCCCOc1ccc2c(c1)CCC(C(=O)OCC)O2. The van der Waals surface area contributed by atoms with Crippen molar-refractivity contribution in [2.75, 3.05) is 19.8 Å². The fraction of sp³-hybridized carbons (Fsp3) is 0.387. The quantitative estimate of drug-likeness (QED) is 0.186. The van der Waals surface area contributed by atoms with Crippen LogP contribution < -0.4 is 18.9 Å². The van der Waals surface area contributed by atoms with Gasteiger partial charge in [-0.1, -0.05) is 31.5 Å². The second-order valence-electron chi connectivity index (χ2n) is 9.01. The lowest BCUT2D eigenvalue weighted by Gasteiger charge is -2.25. The maximum absolute atomic E-state index is 11.9. The molecule has 0 amide bonds. The summed E-state index contributed by atoms with van der Waals surface area (Å²) in [6, 6.07) is 21.6. The molecule has 37 heavy (non-hydrogen) atoms. The number of carbonyl (C=O) groups is 1. The average Bonchev–Trinajstić information content (AvgIpc) is 2.92. The molecule has 1 aliphatic rings. The van der Waals surface area contributed by atoms with Crippen LogP contribution in [0.3, 0.4) is 0 Å². The molecular weight excluding hydrogens is 468 g/mol. The van der Waals surface area contributed by atoms with E-state index < -0.39 is 6.10 Å². The number of unbranched alkanes of at least 4 members (excludes halogenated alkanes) is 1. The zero-order valence-electron chi connectivity index (χ0n) is 21.7. The number of hydrogen-bond donors (Lipinski definition) is 0. The van der Waals surface area contributed by atoms with E-state index in [1.165, 1.54) is 0 Å². The van der Waals surface area contributed by atoms with Crippen LogP contribution in [0.5, 0.6) is 28.7 Å². The van der Waals surface area contributed by atoms with Crippen LogP contribution in [0.2, 0.25) is 0 Å². The van der Waals surface area contributed by atoms with Crippen LogP contribution in [0, 0.1) is 0 Å². The third-order valence-corrected chi connectivity index (χ3v) is 6.12. The fourth-order valence-electron chi connectivity index (χ4n) is 4.28. The Bertz CT molecular complexity index is 1140. The highest BCUT2D eigenvalue weighted by atomic mass is 16.6. The van der Waals surface area contributed by atoms with Gasteiger partial charge >= 0.3 is 5.97 Å². The normalized spacial score (nSPS) is 14.3. The molecule has 0 aliphatic carbocycles. The largest absolute Gasteiger partial charge is 0.494 e. The first-order chi connectivity index (χ1) is 18.2. The van der Waals surface area contributed by atoms with Crippen molar-refractivity contribution < 1.29 is 28.5 Å². The van der Waals surface area contributed by atoms with E-state index in [4.69, 9.17) is 23.7 Å². The Hall–Kier alpha value is -3.67. The van der Waals surface area contributed by atoms with E-state index in [9.17, 15) is 4.79 Å². The minimum atomic E-state index is -0.523. The Kier molecular flexibility index (Phi) is 9.69. The highest BCUT2D eigenvalue weighted by Crippen LogP contribution is 2.32. The van der Waals surface area contributed by atoms with Crippen LogP contribution in [0.25, 0.3) is 0 Å². The monoisotopic (exact) mass is 504 g/mol. The number of rotatable bonds is 13.